The molecule has 0 aliphatic carbocycles. The van der Waals surface area contributed by atoms with Crippen molar-refractivity contribution in [2.75, 3.05) is 45.4 Å². The van der Waals surface area contributed by atoms with E-state index in [-0.39, 0.29) is 0 Å². The molecular formula is C14H17N3O3. The fourth-order valence-corrected chi connectivity index (χ4v) is 2.31. The Kier molecular flexibility index (Phi) is 3.56. The molecule has 0 saturated carbocycles. The summed E-state index contributed by atoms with van der Waals surface area (Å²) in [5.41, 5.74) is 0.791. The van der Waals surface area contributed by atoms with Crippen molar-refractivity contribution in [1.29, 1.82) is 0 Å². The van der Waals surface area contributed by atoms with Crippen molar-refractivity contribution in [3.05, 3.63) is 18.2 Å². The Morgan fingerprint density at radius 1 is 1.00 bits per heavy atom. The van der Waals surface area contributed by atoms with Crippen LogP contribution in [-0.4, -0.2) is 50.7 Å². The van der Waals surface area contributed by atoms with Gasteiger partial charge in [-0.05, 0) is 12.1 Å². The number of hydrogen-bond acceptors (Lipinski definition) is 6. The molecule has 106 valence electrons. The second-order valence-electron chi connectivity index (χ2n) is 4.57. The molecule has 2 aromatic rings. The number of methoxy groups -OCH3 is 2. The smallest absolute Gasteiger partial charge is 0.162 e. The van der Waals surface area contributed by atoms with Crippen LogP contribution in [0.3, 0.4) is 0 Å². The third-order valence-corrected chi connectivity index (χ3v) is 3.41. The zero-order valence-corrected chi connectivity index (χ0v) is 11.6. The normalized spacial score (nSPS) is 15.4. The molecule has 1 aromatic carbocycles. The van der Waals surface area contributed by atoms with Gasteiger partial charge in [-0.3, -0.25) is 0 Å². The highest BCUT2D eigenvalue weighted by Crippen LogP contribution is 2.32. The zero-order chi connectivity index (χ0) is 13.9. The number of morpholine rings is 1. The molecular weight excluding hydrogens is 258 g/mol. The largest absolute Gasteiger partial charge is 0.493 e. The Bertz CT molecular complexity index is 612. The number of aromatic nitrogens is 2. The van der Waals surface area contributed by atoms with Gasteiger partial charge < -0.3 is 19.1 Å². The lowest BCUT2D eigenvalue weighted by Crippen LogP contribution is -2.36. The minimum Gasteiger partial charge on any atom is -0.493 e. The molecule has 0 spiro atoms. The van der Waals surface area contributed by atoms with Gasteiger partial charge in [0, 0.05) is 24.5 Å². The average molecular weight is 275 g/mol. The molecule has 0 amide bonds. The first-order valence-electron chi connectivity index (χ1n) is 6.54. The standard InChI is InChI=1S/C14H17N3O3/c1-18-12-7-10-8-14(17-3-5-20-6-4-17)16-15-11(10)9-13(12)19-2/h7-9H,3-6H2,1-2H3. The predicted molar refractivity (Wildman–Crippen MR) is 75.7 cm³/mol. The van der Waals surface area contributed by atoms with E-state index in [0.717, 1.165) is 43.0 Å². The van der Waals surface area contributed by atoms with Gasteiger partial charge in [0.05, 0.1) is 33.0 Å². The Balaban J connectivity index is 2.01. The molecule has 1 saturated heterocycles. The molecule has 2 heterocycles. The number of ether oxygens (including phenoxy) is 3. The molecule has 1 fully saturated rings. The first-order chi connectivity index (χ1) is 9.81. The summed E-state index contributed by atoms with van der Waals surface area (Å²) in [6.45, 7) is 3.14. The van der Waals surface area contributed by atoms with Gasteiger partial charge in [0.25, 0.3) is 0 Å². The van der Waals surface area contributed by atoms with Crippen LogP contribution in [-0.2, 0) is 4.74 Å². The van der Waals surface area contributed by atoms with Crippen molar-refractivity contribution in [3.63, 3.8) is 0 Å². The van der Waals surface area contributed by atoms with Gasteiger partial charge in [0.15, 0.2) is 17.3 Å². The lowest BCUT2D eigenvalue weighted by Gasteiger charge is -2.27. The van der Waals surface area contributed by atoms with Gasteiger partial charge in [0.2, 0.25) is 0 Å². The Morgan fingerprint density at radius 2 is 1.70 bits per heavy atom. The summed E-state index contributed by atoms with van der Waals surface area (Å²) in [5.74, 6) is 2.22. The van der Waals surface area contributed by atoms with Gasteiger partial charge in [-0.25, -0.2) is 0 Å². The minimum absolute atomic E-state index is 0.661. The molecule has 0 bridgehead atoms. The fourth-order valence-electron chi connectivity index (χ4n) is 2.31. The van der Waals surface area contributed by atoms with Crippen LogP contribution in [0.15, 0.2) is 18.2 Å². The third-order valence-electron chi connectivity index (χ3n) is 3.41. The number of anilines is 1. The van der Waals surface area contributed by atoms with E-state index in [1.165, 1.54) is 0 Å². The Labute approximate surface area is 117 Å². The van der Waals surface area contributed by atoms with Crippen LogP contribution >= 0.6 is 0 Å². The van der Waals surface area contributed by atoms with Crippen LogP contribution in [0, 0.1) is 0 Å². The van der Waals surface area contributed by atoms with E-state index < -0.39 is 0 Å². The molecule has 1 aliphatic rings. The van der Waals surface area contributed by atoms with E-state index in [2.05, 4.69) is 15.1 Å². The maximum Gasteiger partial charge on any atom is 0.162 e. The lowest BCUT2D eigenvalue weighted by molar-refractivity contribution is 0.122. The van der Waals surface area contributed by atoms with Gasteiger partial charge in [-0.15, -0.1) is 10.2 Å². The second-order valence-corrected chi connectivity index (χ2v) is 4.57. The van der Waals surface area contributed by atoms with Crippen molar-refractivity contribution in [2.45, 2.75) is 0 Å². The van der Waals surface area contributed by atoms with Crippen LogP contribution in [0.5, 0.6) is 11.5 Å². The van der Waals surface area contributed by atoms with Crippen LogP contribution in [0.2, 0.25) is 0 Å². The summed E-state index contributed by atoms with van der Waals surface area (Å²) in [6, 6.07) is 5.78. The number of fused-ring (bicyclic) bond motifs is 1. The Morgan fingerprint density at radius 3 is 2.40 bits per heavy atom. The molecule has 1 aliphatic heterocycles. The first-order valence-corrected chi connectivity index (χ1v) is 6.54. The highest BCUT2D eigenvalue weighted by atomic mass is 16.5. The minimum atomic E-state index is 0.661. The van der Waals surface area contributed by atoms with Crippen LogP contribution in [0.25, 0.3) is 10.9 Å². The summed E-state index contributed by atoms with van der Waals surface area (Å²) in [5, 5.41) is 9.54. The van der Waals surface area contributed by atoms with Gasteiger partial charge in [-0.2, -0.15) is 0 Å². The van der Waals surface area contributed by atoms with E-state index >= 15 is 0 Å². The van der Waals surface area contributed by atoms with Crippen LogP contribution in [0.4, 0.5) is 5.82 Å². The summed E-state index contributed by atoms with van der Waals surface area (Å²) in [6.07, 6.45) is 0. The molecule has 0 N–H and O–H groups in total. The molecule has 20 heavy (non-hydrogen) atoms. The zero-order valence-electron chi connectivity index (χ0n) is 11.6. The summed E-state index contributed by atoms with van der Waals surface area (Å²) in [4.78, 5) is 2.17. The SMILES string of the molecule is COc1cc2cc(N3CCOCC3)nnc2cc1OC. The fraction of sp³-hybridized carbons (Fsp3) is 0.429. The summed E-state index contributed by atoms with van der Waals surface area (Å²) >= 11 is 0. The van der Waals surface area contributed by atoms with E-state index in [0.29, 0.717) is 11.5 Å². The summed E-state index contributed by atoms with van der Waals surface area (Å²) < 4.78 is 15.9. The van der Waals surface area contributed by atoms with E-state index in [1.54, 1.807) is 14.2 Å². The van der Waals surface area contributed by atoms with E-state index in [9.17, 15) is 0 Å². The molecule has 6 nitrogen and oxygen atoms in total. The monoisotopic (exact) mass is 275 g/mol. The van der Waals surface area contributed by atoms with E-state index in [1.807, 2.05) is 18.2 Å². The number of rotatable bonds is 3. The molecule has 3 rings (SSSR count). The van der Waals surface area contributed by atoms with Crippen molar-refractivity contribution >= 4 is 16.7 Å². The predicted octanol–water partition coefficient (Wildman–Crippen LogP) is 1.48. The van der Waals surface area contributed by atoms with E-state index in [4.69, 9.17) is 14.2 Å². The van der Waals surface area contributed by atoms with Crippen LogP contribution in [0.1, 0.15) is 0 Å². The maximum absolute atomic E-state index is 5.35. The molecule has 6 heteroatoms. The second kappa shape index (κ2) is 5.50. The molecule has 0 atom stereocenters. The lowest BCUT2D eigenvalue weighted by atomic mass is 10.2. The van der Waals surface area contributed by atoms with Crippen molar-refractivity contribution in [1.82, 2.24) is 10.2 Å². The first kappa shape index (κ1) is 12.9. The average Bonchev–Trinajstić information content (AvgIpc) is 2.53. The molecule has 0 unspecified atom stereocenters. The Hall–Kier alpha value is -2.08. The van der Waals surface area contributed by atoms with Gasteiger partial charge in [0.1, 0.15) is 0 Å². The topological polar surface area (TPSA) is 56.7 Å². The summed E-state index contributed by atoms with van der Waals surface area (Å²) in [7, 11) is 3.24. The van der Waals surface area contributed by atoms with Gasteiger partial charge >= 0.3 is 0 Å². The third kappa shape index (κ3) is 2.34. The van der Waals surface area contributed by atoms with Crippen molar-refractivity contribution < 1.29 is 14.2 Å². The highest BCUT2D eigenvalue weighted by molar-refractivity contribution is 5.84. The molecule has 1 aromatic heterocycles. The number of nitrogens with zero attached hydrogens (tertiary/aromatic N) is 3. The van der Waals surface area contributed by atoms with Crippen molar-refractivity contribution in [3.8, 4) is 11.5 Å². The number of benzene rings is 1. The molecule has 0 radical (unpaired) electrons. The van der Waals surface area contributed by atoms with Gasteiger partial charge in [-0.1, -0.05) is 0 Å². The van der Waals surface area contributed by atoms with Crippen molar-refractivity contribution in [2.24, 2.45) is 0 Å². The quantitative estimate of drug-likeness (QED) is 0.845. The number of hydrogen-bond donors (Lipinski definition) is 0. The highest BCUT2D eigenvalue weighted by Gasteiger charge is 2.14. The maximum atomic E-state index is 5.35. The van der Waals surface area contributed by atoms with Crippen LogP contribution < -0.4 is 14.4 Å².